The number of hydrogen-bond donors (Lipinski definition) is 1. The van der Waals surface area contributed by atoms with Gasteiger partial charge >= 0.3 is 0 Å². The Bertz CT molecular complexity index is 787. The van der Waals surface area contributed by atoms with E-state index < -0.39 is 0 Å². The lowest BCUT2D eigenvalue weighted by Crippen LogP contribution is -2.27. The van der Waals surface area contributed by atoms with Crippen LogP contribution in [0.25, 0.3) is 10.6 Å². The number of amides is 1. The summed E-state index contributed by atoms with van der Waals surface area (Å²) >= 11 is 1.52. The molecule has 1 N–H and O–H groups in total. The molecule has 1 saturated carbocycles. The number of methoxy groups -OCH3 is 2. The first-order valence-corrected chi connectivity index (χ1v) is 11.1. The molecule has 7 heteroatoms. The number of ether oxygens (including phenoxy) is 3. The van der Waals surface area contributed by atoms with Crippen molar-refractivity contribution in [2.24, 2.45) is 0 Å². The Balaban J connectivity index is 1.42. The van der Waals surface area contributed by atoms with Crippen molar-refractivity contribution in [3.8, 4) is 22.1 Å². The third kappa shape index (κ3) is 6.44. The van der Waals surface area contributed by atoms with Crippen molar-refractivity contribution in [1.82, 2.24) is 10.3 Å². The molecule has 0 unspecified atom stereocenters. The van der Waals surface area contributed by atoms with Gasteiger partial charge in [-0.05, 0) is 37.5 Å². The smallest absolute Gasteiger partial charge is 0.226 e. The highest BCUT2D eigenvalue weighted by molar-refractivity contribution is 7.13. The molecule has 1 aliphatic carbocycles. The average molecular weight is 419 g/mol. The minimum Gasteiger partial charge on any atom is -0.493 e. The van der Waals surface area contributed by atoms with Gasteiger partial charge in [0.15, 0.2) is 11.5 Å². The summed E-state index contributed by atoms with van der Waals surface area (Å²) in [5.74, 6) is 1.33. The lowest BCUT2D eigenvalue weighted by molar-refractivity contribution is -0.120. The number of carbonyl (C=O) groups is 1. The molecule has 1 heterocycles. The molecular formula is C22H30N2O4S. The lowest BCUT2D eigenvalue weighted by Gasteiger charge is -2.21. The third-order valence-electron chi connectivity index (χ3n) is 5.07. The van der Waals surface area contributed by atoms with E-state index >= 15 is 0 Å². The van der Waals surface area contributed by atoms with E-state index in [4.69, 9.17) is 14.2 Å². The van der Waals surface area contributed by atoms with Crippen molar-refractivity contribution in [3.05, 3.63) is 29.3 Å². The van der Waals surface area contributed by atoms with Crippen LogP contribution in [0, 0.1) is 0 Å². The van der Waals surface area contributed by atoms with E-state index in [-0.39, 0.29) is 12.3 Å². The number of thiazole rings is 1. The molecule has 0 saturated heterocycles. The Morgan fingerprint density at radius 2 is 1.97 bits per heavy atom. The first-order valence-electron chi connectivity index (χ1n) is 10.2. The summed E-state index contributed by atoms with van der Waals surface area (Å²) < 4.78 is 16.5. The van der Waals surface area contributed by atoms with Crippen LogP contribution in [0.3, 0.4) is 0 Å². The summed E-state index contributed by atoms with van der Waals surface area (Å²) in [6.07, 6.45) is 7.80. The van der Waals surface area contributed by atoms with E-state index in [0.29, 0.717) is 30.8 Å². The molecule has 1 fully saturated rings. The van der Waals surface area contributed by atoms with Crippen molar-refractivity contribution >= 4 is 17.2 Å². The fourth-order valence-corrected chi connectivity index (χ4v) is 4.32. The van der Waals surface area contributed by atoms with Crippen molar-refractivity contribution in [3.63, 3.8) is 0 Å². The van der Waals surface area contributed by atoms with Gasteiger partial charge in [-0.25, -0.2) is 4.98 Å². The zero-order valence-corrected chi connectivity index (χ0v) is 18.1. The molecule has 0 aliphatic heterocycles. The molecule has 6 nitrogen and oxygen atoms in total. The number of rotatable bonds is 10. The summed E-state index contributed by atoms with van der Waals surface area (Å²) in [4.78, 5) is 16.8. The maximum atomic E-state index is 12.2. The topological polar surface area (TPSA) is 69.7 Å². The minimum atomic E-state index is -0.00757. The van der Waals surface area contributed by atoms with Gasteiger partial charge in [0.25, 0.3) is 0 Å². The number of carbonyl (C=O) groups excluding carboxylic acids is 1. The fraction of sp³-hybridized carbons (Fsp3) is 0.545. The Hall–Kier alpha value is -2.12. The predicted octanol–water partition coefficient (Wildman–Crippen LogP) is 4.23. The molecule has 1 aromatic carbocycles. The zero-order chi connectivity index (χ0) is 20.5. The molecule has 158 valence electrons. The van der Waals surface area contributed by atoms with E-state index in [0.717, 1.165) is 22.7 Å². The first kappa shape index (κ1) is 21.6. The van der Waals surface area contributed by atoms with Crippen LogP contribution in [0.15, 0.2) is 23.6 Å². The highest BCUT2D eigenvalue weighted by Crippen LogP contribution is 2.33. The Morgan fingerprint density at radius 3 is 2.72 bits per heavy atom. The second-order valence-corrected chi connectivity index (χ2v) is 8.08. The molecule has 0 bridgehead atoms. The zero-order valence-electron chi connectivity index (χ0n) is 17.2. The summed E-state index contributed by atoms with van der Waals surface area (Å²) in [5.41, 5.74) is 1.72. The van der Waals surface area contributed by atoms with E-state index in [1.807, 2.05) is 23.6 Å². The van der Waals surface area contributed by atoms with Crippen molar-refractivity contribution in [2.75, 3.05) is 27.4 Å². The Kier molecular flexibility index (Phi) is 8.31. The normalized spacial score (nSPS) is 14.6. The second-order valence-electron chi connectivity index (χ2n) is 7.22. The molecule has 2 aromatic rings. The highest BCUT2D eigenvalue weighted by Gasteiger charge is 2.14. The molecular weight excluding hydrogens is 388 g/mol. The molecule has 1 aliphatic rings. The quantitative estimate of drug-likeness (QED) is 0.585. The second kappa shape index (κ2) is 11.2. The molecule has 0 spiro atoms. The maximum absolute atomic E-state index is 12.2. The minimum absolute atomic E-state index is 0.00757. The van der Waals surface area contributed by atoms with Crippen LogP contribution < -0.4 is 14.8 Å². The predicted molar refractivity (Wildman–Crippen MR) is 115 cm³/mol. The highest BCUT2D eigenvalue weighted by atomic mass is 32.1. The van der Waals surface area contributed by atoms with Crippen LogP contribution in [0.2, 0.25) is 0 Å². The average Bonchev–Trinajstić information content (AvgIpc) is 3.22. The summed E-state index contributed by atoms with van der Waals surface area (Å²) in [6.45, 7) is 1.35. The number of benzene rings is 1. The van der Waals surface area contributed by atoms with Gasteiger partial charge in [-0.2, -0.15) is 0 Å². The van der Waals surface area contributed by atoms with Crippen LogP contribution in [-0.2, 0) is 16.0 Å². The monoisotopic (exact) mass is 418 g/mol. The van der Waals surface area contributed by atoms with Gasteiger partial charge in [-0.15, -0.1) is 11.3 Å². The fourth-order valence-electron chi connectivity index (χ4n) is 3.50. The molecule has 3 rings (SSSR count). The van der Waals surface area contributed by atoms with Crippen LogP contribution in [0.4, 0.5) is 0 Å². The van der Waals surface area contributed by atoms with Gasteiger partial charge in [0, 0.05) is 24.1 Å². The lowest BCUT2D eigenvalue weighted by atomic mass is 9.98. The standard InChI is InChI=1S/C22H30N2O4S/c1-26-19-10-9-16(13-20(19)27-2)22-24-17(15-29-22)14-21(25)23-11-6-12-28-18-7-4-3-5-8-18/h9-10,13,15,18H,3-8,11-12,14H2,1-2H3,(H,23,25). The van der Waals surface area contributed by atoms with Gasteiger partial charge in [0.05, 0.1) is 32.4 Å². The maximum Gasteiger partial charge on any atom is 0.226 e. The molecule has 1 aromatic heterocycles. The molecule has 0 atom stereocenters. The number of hydrogen-bond acceptors (Lipinski definition) is 6. The van der Waals surface area contributed by atoms with Gasteiger partial charge in [-0.1, -0.05) is 19.3 Å². The van der Waals surface area contributed by atoms with E-state index in [1.54, 1.807) is 14.2 Å². The van der Waals surface area contributed by atoms with Crippen LogP contribution in [0.1, 0.15) is 44.2 Å². The van der Waals surface area contributed by atoms with Crippen LogP contribution >= 0.6 is 11.3 Å². The number of nitrogens with zero attached hydrogens (tertiary/aromatic N) is 1. The van der Waals surface area contributed by atoms with E-state index in [1.165, 1.54) is 43.4 Å². The van der Waals surface area contributed by atoms with Gasteiger partial charge in [0.2, 0.25) is 5.91 Å². The van der Waals surface area contributed by atoms with Gasteiger partial charge in [0.1, 0.15) is 5.01 Å². The van der Waals surface area contributed by atoms with Gasteiger partial charge in [-0.3, -0.25) is 4.79 Å². The summed E-state index contributed by atoms with van der Waals surface area (Å²) in [7, 11) is 3.22. The van der Waals surface area contributed by atoms with Crippen molar-refractivity contribution in [1.29, 1.82) is 0 Å². The van der Waals surface area contributed by atoms with Crippen molar-refractivity contribution < 1.29 is 19.0 Å². The third-order valence-corrected chi connectivity index (χ3v) is 6.01. The Morgan fingerprint density at radius 1 is 1.17 bits per heavy atom. The molecule has 1 amide bonds. The van der Waals surface area contributed by atoms with Crippen LogP contribution in [-0.4, -0.2) is 44.4 Å². The van der Waals surface area contributed by atoms with E-state index in [2.05, 4.69) is 10.3 Å². The largest absolute Gasteiger partial charge is 0.493 e. The SMILES string of the molecule is COc1ccc(-c2nc(CC(=O)NCCCOC3CCCCC3)cs2)cc1OC. The number of aromatic nitrogens is 1. The number of nitrogens with one attached hydrogen (secondary N) is 1. The van der Waals surface area contributed by atoms with E-state index in [9.17, 15) is 4.79 Å². The van der Waals surface area contributed by atoms with Crippen LogP contribution in [0.5, 0.6) is 11.5 Å². The molecule has 0 radical (unpaired) electrons. The molecule has 29 heavy (non-hydrogen) atoms. The summed E-state index contributed by atoms with van der Waals surface area (Å²) in [5, 5.41) is 5.74. The first-order chi connectivity index (χ1) is 14.2. The van der Waals surface area contributed by atoms with Gasteiger partial charge < -0.3 is 19.5 Å². The van der Waals surface area contributed by atoms with Crippen molar-refractivity contribution in [2.45, 2.75) is 51.0 Å². The summed E-state index contributed by atoms with van der Waals surface area (Å²) in [6, 6.07) is 5.70. The Labute approximate surface area is 176 Å².